The van der Waals surface area contributed by atoms with Crippen molar-refractivity contribution >= 4 is 28.7 Å². The normalized spacial score (nSPS) is 19.4. The van der Waals surface area contributed by atoms with Crippen molar-refractivity contribution in [2.24, 2.45) is 0 Å². The molecule has 2 heterocycles. The minimum Gasteiger partial charge on any atom is -0.442 e. The van der Waals surface area contributed by atoms with Crippen LogP contribution >= 0.6 is 22.6 Å². The van der Waals surface area contributed by atoms with E-state index in [0.717, 1.165) is 0 Å². The third-order valence-electron chi connectivity index (χ3n) is 2.31. The Morgan fingerprint density at radius 1 is 1.69 bits per heavy atom. The first kappa shape index (κ1) is 11.4. The molecular weight excluding hydrogens is 325 g/mol. The topological polar surface area (TPSA) is 73.2 Å². The fourth-order valence-electron chi connectivity index (χ4n) is 1.43. The molecule has 0 aliphatic carbocycles. The van der Waals surface area contributed by atoms with E-state index in [0.29, 0.717) is 22.4 Å². The molecule has 1 unspecified atom stereocenters. The summed E-state index contributed by atoms with van der Waals surface area (Å²) in [4.78, 5) is 26.7. The smallest absolute Gasteiger partial charge is 0.407 e. The largest absolute Gasteiger partial charge is 0.442 e. The second kappa shape index (κ2) is 4.40. The Balaban J connectivity index is 2.19. The fourth-order valence-corrected chi connectivity index (χ4v) is 1.88. The number of rotatable bonds is 2. The predicted molar refractivity (Wildman–Crippen MR) is 64.2 cm³/mol. The number of ether oxygens (including phenoxy) is 1. The van der Waals surface area contributed by atoms with Crippen LogP contribution in [0.4, 0.5) is 4.79 Å². The van der Waals surface area contributed by atoms with E-state index in [1.54, 1.807) is 6.92 Å². The third kappa shape index (κ3) is 2.18. The zero-order valence-electron chi connectivity index (χ0n) is 8.57. The lowest BCUT2D eigenvalue weighted by Gasteiger charge is -2.10. The zero-order valence-corrected chi connectivity index (χ0v) is 10.7. The van der Waals surface area contributed by atoms with Crippen LogP contribution in [0.1, 0.15) is 5.69 Å². The maximum absolute atomic E-state index is 11.8. The maximum atomic E-state index is 11.8. The van der Waals surface area contributed by atoms with Gasteiger partial charge in [-0.1, -0.05) is 0 Å². The van der Waals surface area contributed by atoms with Crippen molar-refractivity contribution < 1.29 is 9.53 Å². The van der Waals surface area contributed by atoms with Gasteiger partial charge in [0, 0.05) is 0 Å². The highest BCUT2D eigenvalue weighted by Crippen LogP contribution is 2.05. The summed E-state index contributed by atoms with van der Waals surface area (Å²) in [6.07, 6.45) is 0.740. The lowest BCUT2D eigenvalue weighted by molar-refractivity contribution is 0.130. The second-order valence-electron chi connectivity index (χ2n) is 3.51. The molecule has 1 amide bonds. The van der Waals surface area contributed by atoms with Crippen molar-refractivity contribution in [2.75, 3.05) is 6.54 Å². The molecule has 6 nitrogen and oxygen atoms in total. The Morgan fingerprint density at radius 2 is 2.44 bits per heavy atom. The standard InChI is InChI=1S/C9H10IN3O3/c1-5-7(10)8(14)13(4-12-5)3-6-2-11-9(15)16-6/h4,6H,2-3H2,1H3,(H,11,15). The van der Waals surface area contributed by atoms with E-state index < -0.39 is 6.09 Å². The van der Waals surface area contributed by atoms with Crippen LogP contribution in [0.3, 0.4) is 0 Å². The van der Waals surface area contributed by atoms with E-state index in [1.165, 1.54) is 10.9 Å². The first-order chi connectivity index (χ1) is 7.58. The van der Waals surface area contributed by atoms with Crippen molar-refractivity contribution in [1.29, 1.82) is 0 Å². The molecule has 2 rings (SSSR count). The van der Waals surface area contributed by atoms with Crippen LogP contribution in [0, 0.1) is 10.5 Å². The molecule has 1 saturated heterocycles. The van der Waals surface area contributed by atoms with Crippen LogP contribution in [-0.2, 0) is 11.3 Å². The molecule has 0 saturated carbocycles. The molecule has 0 spiro atoms. The summed E-state index contributed by atoms with van der Waals surface area (Å²) >= 11 is 1.97. The van der Waals surface area contributed by atoms with Crippen LogP contribution in [0.5, 0.6) is 0 Å². The molecule has 0 radical (unpaired) electrons. The van der Waals surface area contributed by atoms with Gasteiger partial charge in [0.2, 0.25) is 0 Å². The van der Waals surface area contributed by atoms with Crippen molar-refractivity contribution in [3.05, 3.63) is 25.9 Å². The third-order valence-corrected chi connectivity index (χ3v) is 3.55. The van der Waals surface area contributed by atoms with Gasteiger partial charge >= 0.3 is 6.09 Å². The van der Waals surface area contributed by atoms with Crippen molar-refractivity contribution in [1.82, 2.24) is 14.9 Å². The number of hydrogen-bond acceptors (Lipinski definition) is 4. The number of carbonyl (C=O) groups excluding carboxylic acids is 1. The minimum atomic E-state index is -0.437. The Labute approximate surface area is 105 Å². The number of nitrogens with one attached hydrogen (secondary N) is 1. The number of hydrogen-bond donors (Lipinski definition) is 1. The Kier molecular flexibility index (Phi) is 3.13. The van der Waals surface area contributed by atoms with E-state index >= 15 is 0 Å². The highest BCUT2D eigenvalue weighted by molar-refractivity contribution is 14.1. The van der Waals surface area contributed by atoms with Gasteiger partial charge in [0.15, 0.2) is 0 Å². The molecule has 1 N–H and O–H groups in total. The Bertz CT molecular complexity index is 485. The van der Waals surface area contributed by atoms with Crippen LogP contribution in [0.2, 0.25) is 0 Å². The Morgan fingerprint density at radius 3 is 3.06 bits per heavy atom. The summed E-state index contributed by atoms with van der Waals surface area (Å²) in [7, 11) is 0. The van der Waals surface area contributed by atoms with Gasteiger partial charge in [-0.3, -0.25) is 9.36 Å². The molecule has 16 heavy (non-hydrogen) atoms. The Hall–Kier alpha value is -1.12. The number of aryl methyl sites for hydroxylation is 1. The molecule has 0 aromatic carbocycles. The zero-order chi connectivity index (χ0) is 11.7. The average Bonchev–Trinajstić information content (AvgIpc) is 2.65. The van der Waals surface area contributed by atoms with Crippen molar-refractivity contribution in [2.45, 2.75) is 19.6 Å². The van der Waals surface area contributed by atoms with Crippen LogP contribution in [0.25, 0.3) is 0 Å². The summed E-state index contributed by atoms with van der Waals surface area (Å²) in [6, 6.07) is 0. The SMILES string of the molecule is Cc1ncn(CC2CNC(=O)O2)c(=O)c1I. The summed E-state index contributed by atoms with van der Waals surface area (Å²) < 4.78 is 7.00. The molecule has 7 heteroatoms. The molecule has 1 aromatic heterocycles. The highest BCUT2D eigenvalue weighted by Gasteiger charge is 2.23. The van der Waals surface area contributed by atoms with E-state index in [2.05, 4.69) is 10.3 Å². The van der Waals surface area contributed by atoms with Crippen LogP contribution in [0.15, 0.2) is 11.1 Å². The average molecular weight is 335 g/mol. The quantitative estimate of drug-likeness (QED) is 0.788. The number of aromatic nitrogens is 2. The molecule has 0 bridgehead atoms. The number of halogens is 1. The van der Waals surface area contributed by atoms with Gasteiger partial charge in [0.1, 0.15) is 6.10 Å². The van der Waals surface area contributed by atoms with Gasteiger partial charge in [-0.15, -0.1) is 0 Å². The minimum absolute atomic E-state index is 0.101. The lowest BCUT2D eigenvalue weighted by Crippen LogP contribution is -2.30. The molecule has 1 aliphatic heterocycles. The van der Waals surface area contributed by atoms with E-state index in [-0.39, 0.29) is 11.7 Å². The van der Waals surface area contributed by atoms with E-state index in [1.807, 2.05) is 22.6 Å². The number of amides is 1. The van der Waals surface area contributed by atoms with E-state index in [9.17, 15) is 9.59 Å². The van der Waals surface area contributed by atoms with Gasteiger partial charge in [-0.05, 0) is 29.5 Å². The molecular formula is C9H10IN3O3. The van der Waals surface area contributed by atoms with Gasteiger partial charge in [-0.2, -0.15) is 0 Å². The fraction of sp³-hybridized carbons (Fsp3) is 0.444. The summed E-state index contributed by atoms with van der Waals surface area (Å²) in [5.74, 6) is 0. The first-order valence-corrected chi connectivity index (χ1v) is 5.82. The predicted octanol–water partition coefficient (Wildman–Crippen LogP) is 0.265. The first-order valence-electron chi connectivity index (χ1n) is 4.74. The molecule has 86 valence electrons. The number of alkyl carbamates (subject to hydrolysis) is 1. The number of nitrogens with zero attached hydrogens (tertiary/aromatic N) is 2. The van der Waals surface area contributed by atoms with Crippen molar-refractivity contribution in [3.63, 3.8) is 0 Å². The number of cyclic esters (lactones) is 1. The van der Waals surface area contributed by atoms with Crippen LogP contribution < -0.4 is 10.9 Å². The maximum Gasteiger partial charge on any atom is 0.407 e. The molecule has 1 atom stereocenters. The number of carbonyl (C=O) groups is 1. The molecule has 1 aromatic rings. The highest BCUT2D eigenvalue weighted by atomic mass is 127. The van der Waals surface area contributed by atoms with Crippen LogP contribution in [-0.4, -0.2) is 28.3 Å². The van der Waals surface area contributed by atoms with Crippen molar-refractivity contribution in [3.8, 4) is 0 Å². The summed E-state index contributed by atoms with van der Waals surface area (Å²) in [5, 5.41) is 2.54. The monoisotopic (exact) mass is 335 g/mol. The lowest BCUT2D eigenvalue weighted by atomic mass is 10.3. The van der Waals surface area contributed by atoms with Gasteiger partial charge in [-0.25, -0.2) is 9.78 Å². The van der Waals surface area contributed by atoms with Gasteiger partial charge in [0.05, 0.1) is 28.7 Å². The summed E-state index contributed by atoms with van der Waals surface area (Å²) in [5.41, 5.74) is 0.611. The second-order valence-corrected chi connectivity index (χ2v) is 4.59. The van der Waals surface area contributed by atoms with Gasteiger partial charge in [0.25, 0.3) is 5.56 Å². The van der Waals surface area contributed by atoms with Gasteiger partial charge < -0.3 is 10.1 Å². The summed E-state index contributed by atoms with van der Waals surface area (Å²) in [6.45, 7) is 2.54. The molecule has 1 fully saturated rings. The van der Waals surface area contributed by atoms with E-state index in [4.69, 9.17) is 4.74 Å². The molecule has 1 aliphatic rings.